The first kappa shape index (κ1) is 23.3. The second kappa shape index (κ2) is 9.56. The molecule has 1 amide bonds. The van der Waals surface area contributed by atoms with E-state index in [9.17, 15) is 28.1 Å². The zero-order valence-electron chi connectivity index (χ0n) is 17.2. The molecule has 1 aliphatic rings. The molecule has 0 N–H and O–H groups in total. The predicted molar refractivity (Wildman–Crippen MR) is 123 cm³/mol. The Hall–Kier alpha value is -2.86. The summed E-state index contributed by atoms with van der Waals surface area (Å²) in [5, 5.41) is 12.3. The number of aromatic nitrogens is 1. The summed E-state index contributed by atoms with van der Waals surface area (Å²) in [6.07, 6.45) is -4.66. The monoisotopic (exact) mass is 496 g/mol. The van der Waals surface area contributed by atoms with Crippen LogP contribution in [0.15, 0.2) is 42.5 Å². The van der Waals surface area contributed by atoms with E-state index in [1.54, 1.807) is 21.1 Å². The van der Waals surface area contributed by atoms with Gasteiger partial charge in [0.05, 0.1) is 26.5 Å². The summed E-state index contributed by atoms with van der Waals surface area (Å²) in [5.74, 6) is 0.877. The number of anilines is 1. The Bertz CT molecular complexity index is 1140. The SMILES string of the molecule is O=C(CSCc1nc2ccccc2s1)N1CCN(c2ccc(C(F)(F)F)cc2[N+](=O)[O-])CC1. The molecule has 1 aromatic heterocycles. The number of carbonyl (C=O) groups excluding carboxylic acids is 1. The fourth-order valence-electron chi connectivity index (χ4n) is 3.61. The quantitative estimate of drug-likeness (QED) is 0.360. The van der Waals surface area contributed by atoms with Crippen molar-refractivity contribution in [3.8, 4) is 0 Å². The van der Waals surface area contributed by atoms with Crippen LogP contribution in [0.2, 0.25) is 0 Å². The van der Waals surface area contributed by atoms with Gasteiger partial charge in [0.15, 0.2) is 0 Å². The van der Waals surface area contributed by atoms with Gasteiger partial charge in [0, 0.05) is 38.0 Å². The van der Waals surface area contributed by atoms with Crippen molar-refractivity contribution in [3.05, 3.63) is 63.1 Å². The summed E-state index contributed by atoms with van der Waals surface area (Å²) in [6.45, 7) is 1.30. The van der Waals surface area contributed by atoms with E-state index in [1.165, 1.54) is 11.8 Å². The number of alkyl halides is 3. The van der Waals surface area contributed by atoms with Gasteiger partial charge >= 0.3 is 6.18 Å². The van der Waals surface area contributed by atoms with E-state index in [2.05, 4.69) is 4.98 Å². The van der Waals surface area contributed by atoms with Crippen molar-refractivity contribution in [2.24, 2.45) is 0 Å². The lowest BCUT2D eigenvalue weighted by molar-refractivity contribution is -0.384. The van der Waals surface area contributed by atoms with Crippen molar-refractivity contribution in [2.45, 2.75) is 11.9 Å². The molecule has 1 aliphatic heterocycles. The molecule has 7 nitrogen and oxygen atoms in total. The minimum Gasteiger partial charge on any atom is -0.362 e. The van der Waals surface area contributed by atoms with Crippen molar-refractivity contribution in [1.29, 1.82) is 0 Å². The molecule has 4 rings (SSSR count). The lowest BCUT2D eigenvalue weighted by Gasteiger charge is -2.35. The van der Waals surface area contributed by atoms with Crippen molar-refractivity contribution in [1.82, 2.24) is 9.88 Å². The fourth-order valence-corrected chi connectivity index (χ4v) is 5.56. The molecule has 0 atom stereocenters. The minimum atomic E-state index is -4.66. The molecule has 0 radical (unpaired) electrons. The lowest BCUT2D eigenvalue weighted by Crippen LogP contribution is -2.49. The third-order valence-corrected chi connectivity index (χ3v) is 7.41. The average molecular weight is 497 g/mol. The first-order chi connectivity index (χ1) is 15.7. The van der Waals surface area contributed by atoms with Crippen LogP contribution in [0.5, 0.6) is 0 Å². The van der Waals surface area contributed by atoms with Gasteiger partial charge in [-0.15, -0.1) is 23.1 Å². The Morgan fingerprint density at radius 1 is 1.15 bits per heavy atom. The first-order valence-corrected chi connectivity index (χ1v) is 12.0. The number of thiazole rings is 1. The van der Waals surface area contributed by atoms with E-state index in [1.807, 2.05) is 24.3 Å². The third-order valence-electron chi connectivity index (χ3n) is 5.26. The van der Waals surface area contributed by atoms with Gasteiger partial charge in [-0.25, -0.2) is 4.98 Å². The van der Waals surface area contributed by atoms with E-state index in [-0.39, 0.29) is 17.3 Å². The second-order valence-corrected chi connectivity index (χ2v) is 9.50. The minimum absolute atomic E-state index is 0.0392. The molecule has 0 unspecified atom stereocenters. The van der Waals surface area contributed by atoms with Crippen LogP contribution >= 0.6 is 23.1 Å². The number of amides is 1. The molecule has 3 aromatic rings. The molecule has 0 spiro atoms. The van der Waals surface area contributed by atoms with Crippen LogP contribution in [-0.4, -0.2) is 52.6 Å². The number of hydrogen-bond donors (Lipinski definition) is 0. The number of halogens is 3. The van der Waals surface area contributed by atoms with Crippen LogP contribution in [0.1, 0.15) is 10.6 Å². The van der Waals surface area contributed by atoms with Crippen LogP contribution in [0.4, 0.5) is 24.5 Å². The highest BCUT2D eigenvalue weighted by molar-refractivity contribution is 7.99. The first-order valence-electron chi connectivity index (χ1n) is 10.0. The van der Waals surface area contributed by atoms with E-state index < -0.39 is 22.4 Å². The zero-order chi connectivity index (χ0) is 23.6. The molecular weight excluding hydrogens is 477 g/mol. The number of nitro benzene ring substituents is 1. The molecule has 0 saturated carbocycles. The van der Waals surface area contributed by atoms with Crippen LogP contribution in [-0.2, 0) is 16.7 Å². The molecule has 0 bridgehead atoms. The highest BCUT2D eigenvalue weighted by atomic mass is 32.2. The van der Waals surface area contributed by atoms with Gasteiger partial charge in [-0.05, 0) is 24.3 Å². The van der Waals surface area contributed by atoms with Gasteiger partial charge in [-0.2, -0.15) is 13.2 Å². The number of piperazine rings is 1. The number of thioether (sulfide) groups is 1. The van der Waals surface area contributed by atoms with E-state index >= 15 is 0 Å². The number of para-hydroxylation sites is 1. The highest BCUT2D eigenvalue weighted by Crippen LogP contribution is 2.36. The van der Waals surface area contributed by atoms with E-state index in [0.717, 1.165) is 27.4 Å². The van der Waals surface area contributed by atoms with Crippen LogP contribution in [0.25, 0.3) is 10.2 Å². The van der Waals surface area contributed by atoms with Gasteiger partial charge in [0.1, 0.15) is 10.7 Å². The number of nitro groups is 1. The van der Waals surface area contributed by atoms with E-state index in [4.69, 9.17) is 0 Å². The number of hydrogen-bond acceptors (Lipinski definition) is 7. The maximum absolute atomic E-state index is 12.9. The van der Waals surface area contributed by atoms with Gasteiger partial charge in [0.2, 0.25) is 5.91 Å². The third kappa shape index (κ3) is 5.38. The van der Waals surface area contributed by atoms with E-state index in [0.29, 0.717) is 38.0 Å². The Morgan fingerprint density at radius 2 is 1.88 bits per heavy atom. The highest BCUT2D eigenvalue weighted by Gasteiger charge is 2.34. The van der Waals surface area contributed by atoms with Crippen LogP contribution in [0.3, 0.4) is 0 Å². The summed E-state index contributed by atoms with van der Waals surface area (Å²) >= 11 is 3.08. The number of nitrogens with zero attached hydrogens (tertiary/aromatic N) is 4. The lowest BCUT2D eigenvalue weighted by atomic mass is 10.1. The fraction of sp³-hybridized carbons (Fsp3) is 0.333. The maximum Gasteiger partial charge on any atom is 0.416 e. The molecule has 174 valence electrons. The smallest absolute Gasteiger partial charge is 0.362 e. The molecule has 12 heteroatoms. The number of benzene rings is 2. The Kier molecular flexibility index (Phi) is 6.75. The predicted octanol–water partition coefficient (Wildman–Crippen LogP) is 4.81. The van der Waals surface area contributed by atoms with Gasteiger partial charge in [0.25, 0.3) is 5.69 Å². The average Bonchev–Trinajstić information content (AvgIpc) is 3.21. The summed E-state index contributed by atoms with van der Waals surface area (Å²) in [7, 11) is 0. The Morgan fingerprint density at radius 3 is 2.55 bits per heavy atom. The Balaban J connectivity index is 1.32. The summed E-state index contributed by atoms with van der Waals surface area (Å²) in [4.78, 5) is 31.0. The van der Waals surface area contributed by atoms with Crippen LogP contribution in [0, 0.1) is 10.1 Å². The molecule has 1 fully saturated rings. The summed E-state index contributed by atoms with van der Waals surface area (Å²) in [6, 6.07) is 10.4. The molecule has 2 aromatic carbocycles. The summed E-state index contributed by atoms with van der Waals surface area (Å²) in [5.41, 5.74) is -0.573. The van der Waals surface area contributed by atoms with Crippen molar-refractivity contribution in [2.75, 3.05) is 36.8 Å². The largest absolute Gasteiger partial charge is 0.416 e. The van der Waals surface area contributed by atoms with Gasteiger partial charge in [-0.1, -0.05) is 12.1 Å². The number of fused-ring (bicyclic) bond motifs is 1. The second-order valence-electron chi connectivity index (χ2n) is 7.39. The Labute approximate surface area is 195 Å². The number of rotatable bonds is 6. The van der Waals surface area contributed by atoms with Crippen molar-refractivity contribution >= 4 is 50.6 Å². The zero-order valence-corrected chi connectivity index (χ0v) is 18.9. The molecule has 1 saturated heterocycles. The number of carbonyl (C=O) groups is 1. The molecular formula is C21H19F3N4O3S2. The topological polar surface area (TPSA) is 79.6 Å². The standard InChI is InChI=1S/C21H19F3N4O3S2/c22-21(23,24)14-5-6-16(17(11-14)28(30)31)26-7-9-27(10-8-26)20(29)13-32-12-19-25-15-3-1-2-4-18(15)33-19/h1-6,11H,7-10,12-13H2. The normalized spacial score (nSPS) is 14.6. The van der Waals surface area contributed by atoms with Crippen molar-refractivity contribution < 1.29 is 22.9 Å². The molecule has 2 heterocycles. The summed E-state index contributed by atoms with van der Waals surface area (Å²) < 4.78 is 39.9. The van der Waals surface area contributed by atoms with Gasteiger partial charge < -0.3 is 9.80 Å². The van der Waals surface area contributed by atoms with Gasteiger partial charge in [-0.3, -0.25) is 14.9 Å². The molecule has 0 aliphatic carbocycles. The molecule has 33 heavy (non-hydrogen) atoms. The maximum atomic E-state index is 12.9. The van der Waals surface area contributed by atoms with Crippen molar-refractivity contribution in [3.63, 3.8) is 0 Å². The van der Waals surface area contributed by atoms with Crippen LogP contribution < -0.4 is 4.90 Å².